The van der Waals surface area contributed by atoms with Gasteiger partial charge in [0.2, 0.25) is 0 Å². The van der Waals surface area contributed by atoms with Crippen molar-refractivity contribution in [2.75, 3.05) is 13.2 Å². The molecule has 1 N–H and O–H groups in total. The highest BCUT2D eigenvalue weighted by atomic mass is 16.6. The highest BCUT2D eigenvalue weighted by molar-refractivity contribution is 5.70. The standard InChI is InChI=1S/C41H78O5/c1-3-5-7-9-11-13-15-16-17-18-19-20-21-22-23-24-26-27-29-31-33-35-40(43)45-38-39(37-42)46-41(44)36-34-32-30-28-25-14-12-10-8-6-4-2/h10,12,39,42H,3-9,11,13-38H2,1-2H3/b12-10-. The van der Waals surface area contributed by atoms with Crippen LogP contribution in [0.3, 0.4) is 0 Å². The molecule has 0 aromatic rings. The minimum Gasteiger partial charge on any atom is -0.462 e. The molecule has 1 unspecified atom stereocenters. The molecule has 5 nitrogen and oxygen atoms in total. The number of aliphatic hydroxyl groups is 1. The molecule has 0 saturated heterocycles. The number of unbranched alkanes of at least 4 members (excludes halogenated alkanes) is 27. The van der Waals surface area contributed by atoms with E-state index in [0.29, 0.717) is 12.8 Å². The lowest BCUT2D eigenvalue weighted by Gasteiger charge is -2.15. The van der Waals surface area contributed by atoms with Gasteiger partial charge in [-0.2, -0.15) is 0 Å². The van der Waals surface area contributed by atoms with Gasteiger partial charge < -0.3 is 14.6 Å². The van der Waals surface area contributed by atoms with Crippen molar-refractivity contribution in [1.82, 2.24) is 0 Å². The van der Waals surface area contributed by atoms with Crippen molar-refractivity contribution >= 4 is 11.9 Å². The van der Waals surface area contributed by atoms with Gasteiger partial charge in [-0.15, -0.1) is 0 Å². The van der Waals surface area contributed by atoms with Crippen molar-refractivity contribution in [3.8, 4) is 0 Å². The largest absolute Gasteiger partial charge is 0.462 e. The molecule has 46 heavy (non-hydrogen) atoms. The topological polar surface area (TPSA) is 72.8 Å². The number of ether oxygens (including phenoxy) is 2. The molecule has 0 aliphatic rings. The molecule has 1 atom stereocenters. The van der Waals surface area contributed by atoms with Crippen LogP contribution in [0.5, 0.6) is 0 Å². The lowest BCUT2D eigenvalue weighted by molar-refractivity contribution is -0.161. The highest BCUT2D eigenvalue weighted by Gasteiger charge is 2.16. The Bertz CT molecular complexity index is 661. The molecule has 0 fully saturated rings. The molecule has 0 amide bonds. The Balaban J connectivity index is 3.46. The monoisotopic (exact) mass is 651 g/mol. The average Bonchev–Trinajstić information content (AvgIpc) is 3.06. The minimum absolute atomic E-state index is 0.0634. The van der Waals surface area contributed by atoms with Gasteiger partial charge in [0.25, 0.3) is 0 Å². The Morgan fingerprint density at radius 3 is 1.24 bits per heavy atom. The van der Waals surface area contributed by atoms with Gasteiger partial charge in [-0.1, -0.05) is 187 Å². The van der Waals surface area contributed by atoms with E-state index in [1.165, 1.54) is 154 Å². The molecule has 0 aromatic heterocycles. The maximum absolute atomic E-state index is 12.1. The first kappa shape index (κ1) is 44.6. The lowest BCUT2D eigenvalue weighted by Crippen LogP contribution is -2.28. The van der Waals surface area contributed by atoms with E-state index in [1.807, 2.05) is 0 Å². The van der Waals surface area contributed by atoms with Crippen LogP contribution in [0, 0.1) is 0 Å². The Hall–Kier alpha value is -1.36. The molecule has 0 heterocycles. The van der Waals surface area contributed by atoms with E-state index in [1.54, 1.807) is 0 Å². The van der Waals surface area contributed by atoms with Crippen molar-refractivity contribution in [2.45, 2.75) is 225 Å². The first-order valence-corrected chi connectivity index (χ1v) is 20.2. The highest BCUT2D eigenvalue weighted by Crippen LogP contribution is 2.16. The molecule has 272 valence electrons. The second kappa shape index (κ2) is 38.1. The van der Waals surface area contributed by atoms with Crippen molar-refractivity contribution in [2.24, 2.45) is 0 Å². The number of carbonyl (C=O) groups excluding carboxylic acids is 2. The van der Waals surface area contributed by atoms with Gasteiger partial charge in [0, 0.05) is 12.8 Å². The summed E-state index contributed by atoms with van der Waals surface area (Å²) in [6, 6.07) is 0. The van der Waals surface area contributed by atoms with E-state index in [9.17, 15) is 14.7 Å². The zero-order valence-electron chi connectivity index (χ0n) is 30.9. The van der Waals surface area contributed by atoms with Gasteiger partial charge in [0.15, 0.2) is 6.10 Å². The Kier molecular flexibility index (Phi) is 37.0. The summed E-state index contributed by atoms with van der Waals surface area (Å²) in [5.74, 6) is -0.592. The zero-order valence-corrected chi connectivity index (χ0v) is 30.9. The predicted molar refractivity (Wildman–Crippen MR) is 196 cm³/mol. The fraction of sp³-hybridized carbons (Fsp3) is 0.902. The summed E-state index contributed by atoms with van der Waals surface area (Å²) in [5, 5.41) is 9.53. The number of carbonyl (C=O) groups is 2. The summed E-state index contributed by atoms with van der Waals surface area (Å²) >= 11 is 0. The third-order valence-electron chi connectivity index (χ3n) is 9.06. The van der Waals surface area contributed by atoms with E-state index in [2.05, 4.69) is 26.0 Å². The quantitative estimate of drug-likeness (QED) is 0.0411. The fourth-order valence-electron chi connectivity index (χ4n) is 5.95. The second-order valence-electron chi connectivity index (χ2n) is 13.7. The smallest absolute Gasteiger partial charge is 0.306 e. The van der Waals surface area contributed by atoms with Crippen LogP contribution >= 0.6 is 0 Å². The van der Waals surface area contributed by atoms with Gasteiger partial charge in [-0.25, -0.2) is 0 Å². The minimum atomic E-state index is -0.768. The van der Waals surface area contributed by atoms with Crippen LogP contribution in [0.4, 0.5) is 0 Å². The molecule has 0 aliphatic carbocycles. The van der Waals surface area contributed by atoms with Crippen LogP contribution in [0.2, 0.25) is 0 Å². The fourth-order valence-corrected chi connectivity index (χ4v) is 5.95. The van der Waals surface area contributed by atoms with Crippen molar-refractivity contribution in [3.05, 3.63) is 12.2 Å². The second-order valence-corrected chi connectivity index (χ2v) is 13.7. The molecule has 0 aromatic carbocycles. The number of allylic oxidation sites excluding steroid dienone is 2. The lowest BCUT2D eigenvalue weighted by atomic mass is 10.0. The van der Waals surface area contributed by atoms with Crippen LogP contribution in [0.15, 0.2) is 12.2 Å². The van der Waals surface area contributed by atoms with Crippen LogP contribution in [-0.4, -0.2) is 36.4 Å². The van der Waals surface area contributed by atoms with E-state index < -0.39 is 6.10 Å². The summed E-state index contributed by atoms with van der Waals surface area (Å²) in [6.45, 7) is 4.11. The summed E-state index contributed by atoms with van der Waals surface area (Å²) in [4.78, 5) is 24.2. The maximum Gasteiger partial charge on any atom is 0.306 e. The van der Waals surface area contributed by atoms with E-state index in [-0.39, 0.29) is 25.2 Å². The van der Waals surface area contributed by atoms with Crippen LogP contribution in [0.1, 0.15) is 219 Å². The normalized spacial score (nSPS) is 12.2. The Morgan fingerprint density at radius 1 is 0.478 bits per heavy atom. The number of aliphatic hydroxyl groups excluding tert-OH is 1. The van der Waals surface area contributed by atoms with Crippen LogP contribution in [0.25, 0.3) is 0 Å². The third kappa shape index (κ3) is 35.5. The Morgan fingerprint density at radius 2 is 0.826 bits per heavy atom. The van der Waals surface area contributed by atoms with Crippen molar-refractivity contribution < 1.29 is 24.2 Å². The summed E-state index contributed by atoms with van der Waals surface area (Å²) in [5.41, 5.74) is 0. The third-order valence-corrected chi connectivity index (χ3v) is 9.06. The predicted octanol–water partition coefficient (Wildman–Crippen LogP) is 12.5. The van der Waals surface area contributed by atoms with Gasteiger partial charge in [0.05, 0.1) is 6.61 Å². The molecule has 0 bridgehead atoms. The Labute approximate surface area is 286 Å². The van der Waals surface area contributed by atoms with Gasteiger partial charge >= 0.3 is 11.9 Å². The molecular weight excluding hydrogens is 572 g/mol. The van der Waals surface area contributed by atoms with Crippen LogP contribution in [-0.2, 0) is 19.1 Å². The van der Waals surface area contributed by atoms with Crippen molar-refractivity contribution in [1.29, 1.82) is 0 Å². The summed E-state index contributed by atoms with van der Waals surface area (Å²) < 4.78 is 10.6. The van der Waals surface area contributed by atoms with E-state index in [4.69, 9.17) is 9.47 Å². The molecule has 0 rings (SSSR count). The zero-order chi connectivity index (χ0) is 33.6. The van der Waals surface area contributed by atoms with E-state index >= 15 is 0 Å². The summed E-state index contributed by atoms with van der Waals surface area (Å²) in [7, 11) is 0. The summed E-state index contributed by atoms with van der Waals surface area (Å²) in [6.07, 6.45) is 42.8. The molecule has 0 radical (unpaired) electrons. The van der Waals surface area contributed by atoms with E-state index in [0.717, 1.165) is 38.5 Å². The molecular formula is C41H78O5. The average molecular weight is 651 g/mol. The SMILES string of the molecule is CCCC/C=C\CCCCCCCC(=O)OC(CO)COC(=O)CCCCCCCCCCCCCCCCCCCCCCC. The van der Waals surface area contributed by atoms with Gasteiger partial charge in [-0.05, 0) is 32.1 Å². The molecule has 5 heteroatoms. The maximum atomic E-state index is 12.1. The van der Waals surface area contributed by atoms with Gasteiger partial charge in [0.1, 0.15) is 6.61 Å². The first-order valence-electron chi connectivity index (χ1n) is 20.2. The number of hydrogen-bond donors (Lipinski definition) is 1. The molecule has 0 spiro atoms. The molecule has 0 saturated carbocycles. The van der Waals surface area contributed by atoms with Crippen molar-refractivity contribution in [3.63, 3.8) is 0 Å². The number of esters is 2. The van der Waals surface area contributed by atoms with Gasteiger partial charge in [-0.3, -0.25) is 9.59 Å². The first-order chi connectivity index (χ1) is 22.6. The molecule has 0 aliphatic heterocycles. The number of rotatable bonds is 37. The van der Waals surface area contributed by atoms with Crippen LogP contribution < -0.4 is 0 Å². The number of hydrogen-bond acceptors (Lipinski definition) is 5.